The summed E-state index contributed by atoms with van der Waals surface area (Å²) in [6, 6.07) is 8.40. The van der Waals surface area contributed by atoms with Gasteiger partial charge in [-0.1, -0.05) is 33.6 Å². The van der Waals surface area contributed by atoms with Crippen LogP contribution in [0.3, 0.4) is 0 Å². The molecule has 8 heteroatoms. The van der Waals surface area contributed by atoms with E-state index in [-0.39, 0.29) is 41.4 Å². The first kappa shape index (κ1) is 25.5. The second-order valence-corrected chi connectivity index (χ2v) is 8.53. The molecule has 4 rings (SSSR count). The lowest BCUT2D eigenvalue weighted by molar-refractivity contribution is -0.154. The van der Waals surface area contributed by atoms with Crippen LogP contribution in [0.5, 0.6) is 23.0 Å². The van der Waals surface area contributed by atoms with Crippen molar-refractivity contribution in [1.29, 1.82) is 0 Å². The summed E-state index contributed by atoms with van der Waals surface area (Å²) >= 11 is 0. The third-order valence-corrected chi connectivity index (χ3v) is 6.39. The number of methoxy groups -OCH3 is 1. The molecule has 1 aromatic heterocycles. The molecule has 2 unspecified atom stereocenters. The van der Waals surface area contributed by atoms with Gasteiger partial charge in [0.15, 0.2) is 0 Å². The summed E-state index contributed by atoms with van der Waals surface area (Å²) in [6.45, 7) is 2.10. The van der Waals surface area contributed by atoms with E-state index in [1.165, 1.54) is 43.5 Å². The fourth-order valence-corrected chi connectivity index (χ4v) is 4.48. The third-order valence-electron chi connectivity index (χ3n) is 6.39. The number of benzene rings is 2. The Hall–Kier alpha value is -3.16. The molecular formula is C26H29F3O5. The number of alkyl halides is 3. The largest absolute Gasteiger partial charge is 0.508 e. The molecule has 1 aliphatic carbocycles. The van der Waals surface area contributed by atoms with Crippen LogP contribution in [0.1, 0.15) is 51.4 Å². The van der Waals surface area contributed by atoms with E-state index >= 15 is 0 Å². The number of fused-ring (bicyclic) bond motifs is 1. The van der Waals surface area contributed by atoms with Crippen molar-refractivity contribution < 1.29 is 32.2 Å². The first-order valence-electron chi connectivity index (χ1n) is 10.9. The molecule has 3 aromatic rings. The van der Waals surface area contributed by atoms with Gasteiger partial charge in [-0.2, -0.15) is 13.2 Å². The second-order valence-electron chi connectivity index (χ2n) is 8.53. The van der Waals surface area contributed by atoms with Gasteiger partial charge in [0.1, 0.15) is 22.8 Å². The summed E-state index contributed by atoms with van der Waals surface area (Å²) in [6.07, 6.45) is -0.574. The molecule has 5 nitrogen and oxygen atoms in total. The Bertz CT molecular complexity index is 1200. The minimum Gasteiger partial charge on any atom is -0.508 e. The highest BCUT2D eigenvalue weighted by molar-refractivity contribution is 5.83. The van der Waals surface area contributed by atoms with Crippen LogP contribution in [0.15, 0.2) is 45.6 Å². The molecule has 2 atom stereocenters. The molecule has 184 valence electrons. The van der Waals surface area contributed by atoms with E-state index in [0.717, 1.165) is 25.7 Å². The zero-order valence-corrected chi connectivity index (χ0v) is 18.4. The van der Waals surface area contributed by atoms with E-state index < -0.39 is 23.1 Å². The molecule has 0 saturated heterocycles. The van der Waals surface area contributed by atoms with Crippen LogP contribution in [0.2, 0.25) is 0 Å². The summed E-state index contributed by atoms with van der Waals surface area (Å²) in [5.74, 6) is -1.59. The monoisotopic (exact) mass is 478 g/mol. The van der Waals surface area contributed by atoms with Gasteiger partial charge in [0.05, 0.1) is 12.5 Å². The number of phenolic OH excluding ortho intramolecular Hbond substituents is 1. The maximum atomic E-state index is 13.9. The van der Waals surface area contributed by atoms with Gasteiger partial charge >= 0.3 is 6.18 Å². The SMILES string of the molecule is C.COc1ccc(Oc2c(C(F)(F)F)oc3c(CC4CCCCC4C)c(O)ccc3c2=O)cc1. The summed E-state index contributed by atoms with van der Waals surface area (Å²) in [5, 5.41) is 10.4. The maximum absolute atomic E-state index is 13.9. The van der Waals surface area contributed by atoms with Gasteiger partial charge in [0.25, 0.3) is 5.76 Å². The number of hydrogen-bond donors (Lipinski definition) is 1. The third kappa shape index (κ3) is 5.00. The van der Waals surface area contributed by atoms with E-state index in [2.05, 4.69) is 6.92 Å². The Morgan fingerprint density at radius 2 is 1.71 bits per heavy atom. The standard InChI is InChI=1S/C25H25F3O5.CH4/c1-14-5-3-4-6-15(14)13-19-20(29)12-11-18-21(30)23(24(25(26,27)28)33-22(18)19)32-17-9-7-16(31-2)8-10-17;/h7-12,14-15,29H,3-6,13H2,1-2H3;1H4. The lowest BCUT2D eigenvalue weighted by Gasteiger charge is -2.29. The topological polar surface area (TPSA) is 68.9 Å². The van der Waals surface area contributed by atoms with Crippen LogP contribution in [0.25, 0.3) is 11.0 Å². The Morgan fingerprint density at radius 1 is 1.06 bits per heavy atom. The van der Waals surface area contributed by atoms with E-state index in [4.69, 9.17) is 13.9 Å². The normalized spacial score (nSPS) is 18.4. The molecule has 1 saturated carbocycles. The molecular weight excluding hydrogens is 449 g/mol. The van der Waals surface area contributed by atoms with Gasteiger partial charge in [-0.05, 0) is 61.1 Å². The summed E-state index contributed by atoms with van der Waals surface area (Å²) < 4.78 is 57.5. The molecule has 0 radical (unpaired) electrons. The zero-order chi connectivity index (χ0) is 23.8. The van der Waals surface area contributed by atoms with Crippen molar-refractivity contribution in [3.8, 4) is 23.0 Å². The van der Waals surface area contributed by atoms with Crippen molar-refractivity contribution in [2.75, 3.05) is 7.11 Å². The van der Waals surface area contributed by atoms with Gasteiger partial charge < -0.3 is 19.0 Å². The van der Waals surface area contributed by atoms with Crippen LogP contribution in [-0.4, -0.2) is 12.2 Å². The first-order valence-corrected chi connectivity index (χ1v) is 10.9. The van der Waals surface area contributed by atoms with Crippen molar-refractivity contribution in [2.24, 2.45) is 11.8 Å². The van der Waals surface area contributed by atoms with Crippen molar-refractivity contribution in [3.63, 3.8) is 0 Å². The van der Waals surface area contributed by atoms with E-state index in [0.29, 0.717) is 18.1 Å². The van der Waals surface area contributed by atoms with E-state index in [1.807, 2.05) is 0 Å². The van der Waals surface area contributed by atoms with Gasteiger partial charge in [0, 0.05) is 5.56 Å². The molecule has 1 heterocycles. The number of hydrogen-bond acceptors (Lipinski definition) is 5. The number of ether oxygens (including phenoxy) is 2. The van der Waals surface area contributed by atoms with Crippen LogP contribution in [0, 0.1) is 11.8 Å². The van der Waals surface area contributed by atoms with Crippen LogP contribution in [0.4, 0.5) is 13.2 Å². The molecule has 34 heavy (non-hydrogen) atoms. The second kappa shape index (κ2) is 9.99. The Morgan fingerprint density at radius 3 is 2.32 bits per heavy atom. The smallest absolute Gasteiger partial charge is 0.453 e. The van der Waals surface area contributed by atoms with Crippen molar-refractivity contribution >= 4 is 11.0 Å². The summed E-state index contributed by atoms with van der Waals surface area (Å²) in [4.78, 5) is 13.2. The lowest BCUT2D eigenvalue weighted by Crippen LogP contribution is -2.20. The average Bonchev–Trinajstić information content (AvgIpc) is 2.78. The quantitative estimate of drug-likeness (QED) is 0.416. The number of aromatic hydroxyl groups is 1. The van der Waals surface area contributed by atoms with Gasteiger partial charge in [-0.15, -0.1) is 0 Å². The summed E-state index contributed by atoms with van der Waals surface area (Å²) in [7, 11) is 1.46. The number of halogens is 3. The molecule has 0 amide bonds. The number of phenols is 1. The summed E-state index contributed by atoms with van der Waals surface area (Å²) in [5.41, 5.74) is -0.964. The fourth-order valence-electron chi connectivity index (χ4n) is 4.48. The first-order chi connectivity index (χ1) is 15.7. The minimum absolute atomic E-state index is 0. The molecule has 2 aromatic carbocycles. The number of rotatable bonds is 5. The van der Waals surface area contributed by atoms with Crippen molar-refractivity contribution in [3.05, 3.63) is 57.9 Å². The molecule has 1 N–H and O–H groups in total. The molecule has 0 bridgehead atoms. The molecule has 0 aliphatic heterocycles. The fraction of sp³-hybridized carbons (Fsp3) is 0.423. The highest BCUT2D eigenvalue weighted by atomic mass is 19.4. The Balaban J connectivity index is 0.00000324. The van der Waals surface area contributed by atoms with E-state index in [1.54, 1.807) is 0 Å². The van der Waals surface area contributed by atoms with Crippen LogP contribution < -0.4 is 14.9 Å². The predicted molar refractivity (Wildman–Crippen MR) is 124 cm³/mol. The average molecular weight is 479 g/mol. The van der Waals surface area contributed by atoms with Crippen LogP contribution in [-0.2, 0) is 12.6 Å². The van der Waals surface area contributed by atoms with E-state index in [9.17, 15) is 23.1 Å². The van der Waals surface area contributed by atoms with Gasteiger partial charge in [-0.3, -0.25) is 4.79 Å². The lowest BCUT2D eigenvalue weighted by atomic mass is 9.77. The highest BCUT2D eigenvalue weighted by Crippen LogP contribution is 2.41. The highest BCUT2D eigenvalue weighted by Gasteiger charge is 2.41. The Kier molecular flexibility index (Phi) is 7.48. The minimum atomic E-state index is -4.98. The molecule has 1 aliphatic rings. The predicted octanol–water partition coefficient (Wildman–Crippen LogP) is 7.32. The maximum Gasteiger partial charge on any atom is 0.453 e. The van der Waals surface area contributed by atoms with Crippen molar-refractivity contribution in [2.45, 2.75) is 52.6 Å². The zero-order valence-electron chi connectivity index (χ0n) is 18.4. The van der Waals surface area contributed by atoms with Gasteiger partial charge in [0.2, 0.25) is 11.2 Å². The Labute approximate surface area is 196 Å². The molecule has 0 spiro atoms. The van der Waals surface area contributed by atoms with Gasteiger partial charge in [-0.25, -0.2) is 0 Å². The van der Waals surface area contributed by atoms with Crippen LogP contribution >= 0.6 is 0 Å². The van der Waals surface area contributed by atoms with Crippen molar-refractivity contribution in [1.82, 2.24) is 0 Å². The molecule has 1 fully saturated rings.